The van der Waals surface area contributed by atoms with Gasteiger partial charge in [-0.3, -0.25) is 0 Å². The van der Waals surface area contributed by atoms with E-state index in [1.54, 1.807) is 18.2 Å². The van der Waals surface area contributed by atoms with Crippen LogP contribution in [0.3, 0.4) is 0 Å². The van der Waals surface area contributed by atoms with Gasteiger partial charge in [-0.2, -0.15) is 0 Å². The summed E-state index contributed by atoms with van der Waals surface area (Å²) in [6.07, 6.45) is 0.583. The molecular weight excluding hydrogens is 293 g/mol. The monoisotopic (exact) mass is 301 g/mol. The van der Waals surface area contributed by atoms with Crippen LogP contribution in [-0.2, 0) is 6.42 Å². The van der Waals surface area contributed by atoms with Crippen molar-refractivity contribution in [2.24, 2.45) is 0 Å². The zero-order chi connectivity index (χ0) is 13.3. The van der Waals surface area contributed by atoms with Gasteiger partial charge < -0.3 is 5.11 Å². The fourth-order valence-electron chi connectivity index (χ4n) is 1.51. The van der Waals surface area contributed by atoms with Gasteiger partial charge in [0.2, 0.25) is 0 Å². The molecule has 0 saturated carbocycles. The van der Waals surface area contributed by atoms with Gasteiger partial charge in [0.15, 0.2) is 0 Å². The van der Waals surface area contributed by atoms with Gasteiger partial charge in [-0.1, -0.05) is 36.2 Å². The van der Waals surface area contributed by atoms with Crippen molar-refractivity contribution in [3.8, 4) is 10.6 Å². The van der Waals surface area contributed by atoms with E-state index in [-0.39, 0.29) is 4.88 Å². The maximum Gasteiger partial charge on any atom is 0.347 e. The van der Waals surface area contributed by atoms with Crippen molar-refractivity contribution in [2.45, 2.75) is 13.3 Å². The Bertz CT molecular complexity index is 610. The molecule has 2 aromatic rings. The molecule has 0 saturated heterocycles. The van der Waals surface area contributed by atoms with Crippen molar-refractivity contribution in [3.05, 3.63) is 38.8 Å². The molecule has 1 N–H and O–H groups in total. The summed E-state index contributed by atoms with van der Waals surface area (Å²) in [6.45, 7) is 1.88. The van der Waals surface area contributed by atoms with E-state index >= 15 is 0 Å². The Morgan fingerprint density at radius 2 is 2.11 bits per heavy atom. The number of hydrogen-bond acceptors (Lipinski definition) is 3. The minimum atomic E-state index is -0.948. The summed E-state index contributed by atoms with van der Waals surface area (Å²) in [5, 5.41) is 10.6. The van der Waals surface area contributed by atoms with Gasteiger partial charge in [0.05, 0.1) is 15.7 Å². The molecule has 1 aromatic heterocycles. The van der Waals surface area contributed by atoms with Crippen molar-refractivity contribution in [1.82, 2.24) is 4.98 Å². The first-order chi connectivity index (χ1) is 8.52. The van der Waals surface area contributed by atoms with Crippen molar-refractivity contribution in [3.63, 3.8) is 0 Å². The van der Waals surface area contributed by atoms with Crippen LogP contribution in [0.15, 0.2) is 18.2 Å². The lowest BCUT2D eigenvalue weighted by Gasteiger charge is -1.98. The molecule has 0 amide bonds. The van der Waals surface area contributed by atoms with E-state index in [1.165, 1.54) is 0 Å². The first kappa shape index (κ1) is 13.3. The van der Waals surface area contributed by atoms with Gasteiger partial charge in [-0.25, -0.2) is 9.78 Å². The predicted molar refractivity (Wildman–Crippen MR) is 73.9 cm³/mol. The van der Waals surface area contributed by atoms with Crippen LogP contribution >= 0.6 is 34.5 Å². The smallest absolute Gasteiger partial charge is 0.347 e. The molecular formula is C12H9Cl2NO2S. The first-order valence-electron chi connectivity index (χ1n) is 5.21. The lowest BCUT2D eigenvalue weighted by Crippen LogP contribution is -1.97. The van der Waals surface area contributed by atoms with Crippen molar-refractivity contribution >= 4 is 40.5 Å². The van der Waals surface area contributed by atoms with E-state index in [4.69, 9.17) is 28.3 Å². The molecule has 0 radical (unpaired) electrons. The zero-order valence-electron chi connectivity index (χ0n) is 9.41. The Morgan fingerprint density at radius 1 is 1.39 bits per heavy atom. The van der Waals surface area contributed by atoms with Gasteiger partial charge in [0.25, 0.3) is 0 Å². The lowest BCUT2D eigenvalue weighted by atomic mass is 10.2. The normalized spacial score (nSPS) is 10.6. The molecule has 94 valence electrons. The number of aryl methyl sites for hydroxylation is 1. The third-order valence-electron chi connectivity index (χ3n) is 2.39. The maximum atomic E-state index is 11.1. The molecule has 2 rings (SSSR count). The molecule has 1 aromatic carbocycles. The molecule has 1 heterocycles. The van der Waals surface area contributed by atoms with Crippen molar-refractivity contribution < 1.29 is 9.90 Å². The minimum absolute atomic E-state index is 0.276. The summed E-state index contributed by atoms with van der Waals surface area (Å²) in [6, 6.07) is 5.14. The van der Waals surface area contributed by atoms with Crippen LogP contribution in [0.25, 0.3) is 10.6 Å². The molecule has 6 heteroatoms. The third kappa shape index (κ3) is 2.51. The highest BCUT2D eigenvalue weighted by molar-refractivity contribution is 7.17. The third-order valence-corrected chi connectivity index (χ3v) is 4.27. The number of aromatic nitrogens is 1. The molecule has 0 aliphatic carbocycles. The highest BCUT2D eigenvalue weighted by atomic mass is 35.5. The van der Waals surface area contributed by atoms with Crippen molar-refractivity contribution in [2.75, 3.05) is 0 Å². The Balaban J connectivity index is 2.50. The molecule has 18 heavy (non-hydrogen) atoms. The number of thiazole rings is 1. The number of carbonyl (C=O) groups is 1. The zero-order valence-corrected chi connectivity index (χ0v) is 11.7. The summed E-state index contributed by atoms with van der Waals surface area (Å²) in [4.78, 5) is 15.7. The highest BCUT2D eigenvalue weighted by Gasteiger charge is 2.17. The molecule has 0 atom stereocenters. The van der Waals surface area contributed by atoms with Crippen molar-refractivity contribution in [1.29, 1.82) is 0 Å². The number of benzene rings is 1. The lowest BCUT2D eigenvalue weighted by molar-refractivity contribution is 0.0701. The van der Waals surface area contributed by atoms with Gasteiger partial charge in [0, 0.05) is 5.56 Å². The predicted octanol–water partition coefficient (Wildman–Crippen LogP) is 4.38. The standard InChI is InChI=1S/C12H9Cl2NO2S/c1-2-9-10(12(16)17)18-11(15-9)6-3-4-7(13)8(14)5-6/h3-5H,2H2,1H3,(H,16,17). The minimum Gasteiger partial charge on any atom is -0.477 e. The maximum absolute atomic E-state index is 11.1. The van der Waals surface area contributed by atoms with Gasteiger partial charge in [-0.05, 0) is 18.6 Å². The Morgan fingerprint density at radius 3 is 2.61 bits per heavy atom. The molecule has 3 nitrogen and oxygen atoms in total. The topological polar surface area (TPSA) is 50.2 Å². The molecule has 0 aliphatic heterocycles. The summed E-state index contributed by atoms with van der Waals surface area (Å²) in [5.74, 6) is -0.948. The van der Waals surface area contributed by atoms with E-state index in [9.17, 15) is 4.79 Å². The Labute approximate surface area is 118 Å². The second-order valence-electron chi connectivity index (χ2n) is 3.58. The van der Waals surface area contributed by atoms with Crippen LogP contribution < -0.4 is 0 Å². The van der Waals surface area contributed by atoms with Gasteiger partial charge >= 0.3 is 5.97 Å². The Hall–Kier alpha value is -1.10. The van der Waals surface area contributed by atoms with E-state index in [2.05, 4.69) is 4.98 Å². The first-order valence-corrected chi connectivity index (χ1v) is 6.78. The number of hydrogen-bond donors (Lipinski definition) is 1. The summed E-state index contributed by atoms with van der Waals surface area (Å²) >= 11 is 12.9. The van der Waals surface area contributed by atoms with Crippen LogP contribution in [-0.4, -0.2) is 16.1 Å². The average molecular weight is 302 g/mol. The van der Waals surface area contributed by atoms with E-state index < -0.39 is 5.97 Å². The summed E-state index contributed by atoms with van der Waals surface area (Å²) in [5.41, 5.74) is 1.37. The van der Waals surface area contributed by atoms with Crippen LogP contribution in [0, 0.1) is 0 Å². The summed E-state index contributed by atoms with van der Waals surface area (Å²) in [7, 11) is 0. The number of carboxylic acids is 1. The second kappa shape index (κ2) is 5.26. The highest BCUT2D eigenvalue weighted by Crippen LogP contribution is 2.32. The fourth-order valence-corrected chi connectivity index (χ4v) is 2.80. The summed E-state index contributed by atoms with van der Waals surface area (Å²) < 4.78 is 0. The number of carboxylic acid groups (broad SMARTS) is 1. The van der Waals surface area contributed by atoms with E-state index in [0.717, 1.165) is 16.9 Å². The number of aromatic carboxylic acids is 1. The molecule has 0 fully saturated rings. The van der Waals surface area contributed by atoms with Crippen LogP contribution in [0.5, 0.6) is 0 Å². The Kier molecular flexibility index (Phi) is 3.90. The fraction of sp³-hybridized carbons (Fsp3) is 0.167. The quantitative estimate of drug-likeness (QED) is 0.915. The average Bonchev–Trinajstić information content (AvgIpc) is 2.77. The second-order valence-corrected chi connectivity index (χ2v) is 5.40. The number of rotatable bonds is 3. The van der Waals surface area contributed by atoms with Crippen LogP contribution in [0.2, 0.25) is 10.0 Å². The molecule has 0 spiro atoms. The molecule has 0 unspecified atom stereocenters. The van der Waals surface area contributed by atoms with E-state index in [0.29, 0.717) is 27.2 Å². The van der Waals surface area contributed by atoms with Crippen LogP contribution in [0.1, 0.15) is 22.3 Å². The van der Waals surface area contributed by atoms with Gasteiger partial charge in [-0.15, -0.1) is 11.3 Å². The number of halogens is 2. The molecule has 0 bridgehead atoms. The molecule has 0 aliphatic rings. The van der Waals surface area contributed by atoms with Crippen LogP contribution in [0.4, 0.5) is 0 Å². The number of nitrogens with zero attached hydrogens (tertiary/aromatic N) is 1. The van der Waals surface area contributed by atoms with Gasteiger partial charge in [0.1, 0.15) is 9.88 Å². The largest absolute Gasteiger partial charge is 0.477 e. The van der Waals surface area contributed by atoms with E-state index in [1.807, 2.05) is 6.92 Å². The SMILES string of the molecule is CCc1nc(-c2ccc(Cl)c(Cl)c2)sc1C(=O)O.